The molecule has 0 radical (unpaired) electrons. The number of carbonyl (C=O) groups is 3. The number of aliphatic hydroxyl groups is 2. The molecule has 2 aromatic heterocycles. The molecule has 0 unspecified atom stereocenters. The number of anilines is 2. The molecule has 1 aliphatic carbocycles. The van der Waals surface area contributed by atoms with E-state index in [1.54, 1.807) is 53.5 Å². The Hall–Kier alpha value is -7.23. The molecule has 1 aliphatic rings. The van der Waals surface area contributed by atoms with E-state index in [0.717, 1.165) is 78.5 Å². The van der Waals surface area contributed by atoms with Gasteiger partial charge in [0, 0.05) is 69.2 Å². The third-order valence-corrected chi connectivity index (χ3v) is 13.9. The first kappa shape index (κ1) is 59.0. The minimum atomic E-state index is -0.970. The van der Waals surface area contributed by atoms with Gasteiger partial charge in [-0.05, 0) is 176 Å². The molecule has 21 heteroatoms. The van der Waals surface area contributed by atoms with Crippen LogP contribution in [0.3, 0.4) is 0 Å². The number of amides is 5. The molecule has 4 aromatic carbocycles. The third-order valence-electron chi connectivity index (χ3n) is 13.9. The number of nitrogens with one attached hydrogen (secondary N) is 4. The van der Waals surface area contributed by atoms with Gasteiger partial charge in [-0.2, -0.15) is 0 Å². The lowest BCUT2D eigenvalue weighted by Crippen LogP contribution is -2.50. The SMILES string of the molecule is CCc1cc(NC(=O)N[C@H](C)[C@@H](O)CN(CCCc2ccc(F)cc2)C(C)=O)cc(-c2nnnn2C)c1.CCc1cc(NC(=O)N[C@H](C)[C@@H](O)CN(CCCc2ccc(F)cc2)C2CCCCC2)cc(-c2nnnn2C)c1. The largest absolute Gasteiger partial charge is 0.390 e. The number of halogens is 2. The maximum absolute atomic E-state index is 13.3. The lowest BCUT2D eigenvalue weighted by atomic mass is 9.93. The number of aryl methyl sites for hydroxylation is 6. The van der Waals surface area contributed by atoms with Crippen LogP contribution in [0.2, 0.25) is 0 Å². The number of tetrazole rings is 2. The molecule has 4 atom stereocenters. The van der Waals surface area contributed by atoms with E-state index in [2.05, 4.69) is 57.2 Å². The van der Waals surface area contributed by atoms with Crippen molar-refractivity contribution in [3.05, 3.63) is 119 Å². The summed E-state index contributed by atoms with van der Waals surface area (Å²) in [6.45, 7) is 10.9. The molecule has 6 N–H and O–H groups in total. The fourth-order valence-corrected chi connectivity index (χ4v) is 9.37. The molecular formula is C56H76F2N14O5. The van der Waals surface area contributed by atoms with Gasteiger partial charge >= 0.3 is 12.1 Å². The van der Waals surface area contributed by atoms with Gasteiger partial charge in [0.15, 0.2) is 11.6 Å². The Morgan fingerprint density at radius 1 is 0.636 bits per heavy atom. The Kier molecular flexibility index (Phi) is 22.5. The highest BCUT2D eigenvalue weighted by atomic mass is 19.1. The highest BCUT2D eigenvalue weighted by Crippen LogP contribution is 2.26. The highest BCUT2D eigenvalue weighted by Gasteiger charge is 2.27. The van der Waals surface area contributed by atoms with Crippen molar-refractivity contribution < 1.29 is 33.4 Å². The second-order valence-corrected chi connectivity index (χ2v) is 19.9. The molecule has 0 saturated heterocycles. The van der Waals surface area contributed by atoms with Crippen molar-refractivity contribution in [1.29, 1.82) is 0 Å². The van der Waals surface area contributed by atoms with Crippen molar-refractivity contribution in [2.75, 3.05) is 36.8 Å². The number of hydrogen-bond acceptors (Lipinski definition) is 12. The Bertz CT molecular complexity index is 2800. The van der Waals surface area contributed by atoms with E-state index in [4.69, 9.17) is 0 Å². The fourth-order valence-electron chi connectivity index (χ4n) is 9.37. The van der Waals surface area contributed by atoms with Crippen molar-refractivity contribution in [3.8, 4) is 22.8 Å². The van der Waals surface area contributed by atoms with Crippen LogP contribution in [0, 0.1) is 11.6 Å². The van der Waals surface area contributed by atoms with Gasteiger partial charge in [-0.3, -0.25) is 9.69 Å². The van der Waals surface area contributed by atoms with E-state index >= 15 is 0 Å². The molecule has 19 nitrogen and oxygen atoms in total. The monoisotopic (exact) mass is 1060 g/mol. The van der Waals surface area contributed by atoms with E-state index in [0.29, 0.717) is 55.0 Å². The summed E-state index contributed by atoms with van der Waals surface area (Å²) < 4.78 is 29.5. The zero-order valence-electron chi connectivity index (χ0n) is 45.4. The van der Waals surface area contributed by atoms with E-state index in [-0.39, 0.29) is 30.1 Å². The van der Waals surface area contributed by atoms with Crippen LogP contribution in [-0.2, 0) is 44.6 Å². The number of hydrogen-bond donors (Lipinski definition) is 6. The van der Waals surface area contributed by atoms with Crippen molar-refractivity contribution in [3.63, 3.8) is 0 Å². The van der Waals surface area contributed by atoms with Crippen LogP contribution in [-0.4, -0.2) is 135 Å². The minimum absolute atomic E-state index is 0.0782. The Balaban J connectivity index is 0.000000250. The lowest BCUT2D eigenvalue weighted by Gasteiger charge is -2.37. The van der Waals surface area contributed by atoms with Crippen LogP contribution in [0.5, 0.6) is 0 Å². The molecule has 6 aromatic rings. The number of carbonyl (C=O) groups excluding carboxylic acids is 3. The van der Waals surface area contributed by atoms with Crippen LogP contribution >= 0.6 is 0 Å². The highest BCUT2D eigenvalue weighted by molar-refractivity contribution is 5.91. The number of urea groups is 2. The molecular weight excluding hydrogens is 987 g/mol. The van der Waals surface area contributed by atoms with Crippen molar-refractivity contribution >= 4 is 29.3 Å². The van der Waals surface area contributed by atoms with E-state index in [1.165, 1.54) is 50.5 Å². The minimum Gasteiger partial charge on any atom is -0.390 e. The quantitative estimate of drug-likeness (QED) is 0.0363. The van der Waals surface area contributed by atoms with E-state index in [9.17, 15) is 33.4 Å². The smallest absolute Gasteiger partial charge is 0.319 e. The summed E-state index contributed by atoms with van der Waals surface area (Å²) in [7, 11) is 3.51. The van der Waals surface area contributed by atoms with Crippen LogP contribution in [0.1, 0.15) is 102 Å². The second-order valence-electron chi connectivity index (χ2n) is 19.9. The number of aliphatic hydroxyl groups excluding tert-OH is 2. The molecule has 0 aliphatic heterocycles. The summed E-state index contributed by atoms with van der Waals surface area (Å²) in [4.78, 5) is 41.6. The number of aromatic nitrogens is 8. The summed E-state index contributed by atoms with van der Waals surface area (Å²) in [5.74, 6) is 0.513. The van der Waals surface area contributed by atoms with E-state index < -0.39 is 30.3 Å². The average Bonchev–Trinajstić information content (AvgIpc) is 4.06. The van der Waals surface area contributed by atoms with E-state index in [1.807, 2.05) is 63.2 Å². The molecule has 5 amide bonds. The summed E-state index contributed by atoms with van der Waals surface area (Å²) in [5.41, 5.74) is 6.94. The van der Waals surface area contributed by atoms with Gasteiger partial charge in [-0.15, -0.1) is 10.2 Å². The maximum atomic E-state index is 13.3. The van der Waals surface area contributed by atoms with Gasteiger partial charge in [0.05, 0.1) is 24.3 Å². The fraction of sp³-hybridized carbons (Fsp3) is 0.482. The molecule has 1 saturated carbocycles. The predicted octanol–water partition coefficient (Wildman–Crippen LogP) is 7.65. The zero-order chi connectivity index (χ0) is 55.4. The van der Waals surface area contributed by atoms with Crippen LogP contribution in [0.15, 0.2) is 84.9 Å². The van der Waals surface area contributed by atoms with Crippen molar-refractivity contribution in [1.82, 2.24) is 60.8 Å². The van der Waals surface area contributed by atoms with Crippen molar-refractivity contribution in [2.24, 2.45) is 14.1 Å². The van der Waals surface area contributed by atoms with Gasteiger partial charge in [0.2, 0.25) is 5.91 Å². The normalized spacial score (nSPS) is 14.2. The molecule has 1 fully saturated rings. The molecule has 0 bridgehead atoms. The first-order chi connectivity index (χ1) is 37.0. The first-order valence-corrected chi connectivity index (χ1v) is 26.7. The number of benzene rings is 4. The first-order valence-electron chi connectivity index (χ1n) is 26.7. The second kappa shape index (κ2) is 29.3. The van der Waals surface area contributed by atoms with Gasteiger partial charge < -0.3 is 36.4 Å². The Morgan fingerprint density at radius 3 is 1.49 bits per heavy atom. The van der Waals surface area contributed by atoms with Gasteiger partial charge in [-0.25, -0.2) is 27.7 Å². The van der Waals surface area contributed by atoms with Crippen LogP contribution < -0.4 is 21.3 Å². The topological polar surface area (TPSA) is 233 Å². The molecule has 2 heterocycles. The molecule has 414 valence electrons. The summed E-state index contributed by atoms with van der Waals surface area (Å²) >= 11 is 0. The Morgan fingerprint density at radius 2 is 1.08 bits per heavy atom. The lowest BCUT2D eigenvalue weighted by molar-refractivity contribution is -0.130. The zero-order valence-corrected chi connectivity index (χ0v) is 45.4. The number of rotatable bonds is 23. The predicted molar refractivity (Wildman–Crippen MR) is 293 cm³/mol. The molecule has 7 rings (SSSR count). The average molecular weight is 1060 g/mol. The third kappa shape index (κ3) is 18.5. The molecule has 0 spiro atoms. The maximum Gasteiger partial charge on any atom is 0.319 e. The Labute approximate surface area is 450 Å². The summed E-state index contributed by atoms with van der Waals surface area (Å²) in [6, 6.07) is 22.9. The standard InChI is InChI=1S/C30H42FN7O2.C26H34FN7O3/c1-4-22-17-24(29-34-35-36-37(29)3)19-26(18-22)33-30(40)32-21(2)28(39)20-38(27-10-6-5-7-11-27)16-8-9-23-12-14-25(31)15-13-23;1-5-19-13-21(25-30-31-32-33(25)4)15-23(14-19)29-26(37)28-17(2)24(36)16-34(18(3)35)12-6-7-20-8-10-22(27)11-9-20/h12-15,17-19,21,27-28,39H,4-11,16,20H2,1-3H3,(H2,32,33,40);8-11,13-15,17,24,36H,5-7,12,16H2,1-4H3,(H2,28,29,37)/t21-,28+;17-,24+/m11/s1. The van der Waals surface area contributed by atoms with Gasteiger partial charge in [0.25, 0.3) is 0 Å². The molecule has 77 heavy (non-hydrogen) atoms. The van der Waals surface area contributed by atoms with Crippen LogP contribution in [0.25, 0.3) is 22.8 Å². The van der Waals surface area contributed by atoms with Gasteiger partial charge in [-0.1, -0.05) is 57.4 Å². The summed E-state index contributed by atoms with van der Waals surface area (Å²) in [5, 5.41) is 56.4. The van der Waals surface area contributed by atoms with Crippen LogP contribution in [0.4, 0.5) is 29.7 Å². The summed E-state index contributed by atoms with van der Waals surface area (Å²) in [6.07, 6.45) is 8.91. The van der Waals surface area contributed by atoms with Gasteiger partial charge in [0.1, 0.15) is 11.6 Å². The number of nitrogens with zero attached hydrogens (tertiary/aromatic N) is 10. The van der Waals surface area contributed by atoms with Crippen molar-refractivity contribution in [2.45, 2.75) is 136 Å².